The molecule has 0 amide bonds. The Hall–Kier alpha value is -4.06. The van der Waals surface area contributed by atoms with Crippen LogP contribution in [0.15, 0.2) is 82.5 Å². The number of ether oxygens (including phenoxy) is 5. The minimum atomic E-state index is -1.36. The molecule has 3 aromatic rings. The zero-order chi connectivity index (χ0) is 26.4. The Labute approximate surface area is 211 Å². The van der Waals surface area contributed by atoms with Gasteiger partial charge in [0, 0.05) is 26.3 Å². The molecule has 0 N–H and O–H groups in total. The second-order valence-electron chi connectivity index (χ2n) is 8.18. The Morgan fingerprint density at radius 3 is 2.24 bits per heavy atom. The number of esters is 2. The van der Waals surface area contributed by atoms with Crippen molar-refractivity contribution in [3.05, 3.63) is 105 Å². The van der Waals surface area contributed by atoms with Crippen LogP contribution in [-0.2, 0) is 41.8 Å². The number of hydrogen-bond acceptors (Lipinski definition) is 9. The van der Waals surface area contributed by atoms with Crippen molar-refractivity contribution in [2.75, 3.05) is 7.11 Å². The maximum atomic E-state index is 13.3. The second kappa shape index (κ2) is 11.8. The minimum Gasteiger partial charge on any atom is -0.449 e. The van der Waals surface area contributed by atoms with Crippen molar-refractivity contribution >= 4 is 11.9 Å². The van der Waals surface area contributed by atoms with Crippen molar-refractivity contribution in [1.82, 2.24) is 9.13 Å². The number of carbonyl (C=O) groups is 2. The molecule has 2 unspecified atom stereocenters. The summed E-state index contributed by atoms with van der Waals surface area (Å²) in [7, 11) is 1.34. The van der Waals surface area contributed by atoms with E-state index in [2.05, 4.69) is 0 Å². The third-order valence-corrected chi connectivity index (χ3v) is 5.66. The summed E-state index contributed by atoms with van der Waals surface area (Å²) in [6.07, 6.45) is -3.56. The van der Waals surface area contributed by atoms with E-state index in [9.17, 15) is 19.2 Å². The van der Waals surface area contributed by atoms with Crippen molar-refractivity contribution in [3.63, 3.8) is 0 Å². The Bertz CT molecular complexity index is 1340. The molecule has 37 heavy (non-hydrogen) atoms. The summed E-state index contributed by atoms with van der Waals surface area (Å²) >= 11 is 0. The molecule has 11 heteroatoms. The first-order chi connectivity index (χ1) is 17.9. The topological polar surface area (TPSA) is 124 Å². The molecule has 0 bridgehead atoms. The first-order valence-electron chi connectivity index (χ1n) is 11.4. The highest BCUT2D eigenvalue weighted by molar-refractivity contribution is 5.89. The minimum absolute atomic E-state index is 0.189. The summed E-state index contributed by atoms with van der Waals surface area (Å²) in [5.41, 5.74) is -0.185. The highest BCUT2D eigenvalue weighted by Gasteiger charge is 2.51. The van der Waals surface area contributed by atoms with Crippen LogP contribution in [-0.4, -0.2) is 46.7 Å². The van der Waals surface area contributed by atoms with Crippen molar-refractivity contribution < 1.29 is 33.3 Å². The van der Waals surface area contributed by atoms with Crippen LogP contribution in [0.1, 0.15) is 29.1 Å². The van der Waals surface area contributed by atoms with Gasteiger partial charge in [0.15, 0.2) is 12.3 Å². The van der Waals surface area contributed by atoms with Crippen LogP contribution in [0.25, 0.3) is 0 Å². The number of benzene rings is 2. The van der Waals surface area contributed by atoms with E-state index >= 15 is 0 Å². The molecule has 0 saturated carbocycles. The Morgan fingerprint density at radius 1 is 0.919 bits per heavy atom. The second-order valence-corrected chi connectivity index (χ2v) is 8.18. The van der Waals surface area contributed by atoms with Crippen LogP contribution in [0.5, 0.6) is 0 Å². The fraction of sp³-hybridized carbons (Fsp3) is 0.308. The molecule has 4 rings (SSSR count). The van der Waals surface area contributed by atoms with E-state index in [1.54, 1.807) is 30.3 Å². The molecule has 11 nitrogen and oxygen atoms in total. The lowest BCUT2D eigenvalue weighted by atomic mass is 10.2. The predicted molar refractivity (Wildman–Crippen MR) is 128 cm³/mol. The van der Waals surface area contributed by atoms with Gasteiger partial charge in [0.2, 0.25) is 6.29 Å². The molecule has 1 aromatic heterocycles. The van der Waals surface area contributed by atoms with Gasteiger partial charge in [-0.15, -0.1) is 0 Å². The Morgan fingerprint density at radius 2 is 1.59 bits per heavy atom. The van der Waals surface area contributed by atoms with Crippen molar-refractivity contribution in [1.29, 1.82) is 0 Å². The van der Waals surface area contributed by atoms with Gasteiger partial charge in [-0.2, -0.15) is 0 Å². The number of aromatic nitrogens is 2. The number of rotatable bonds is 9. The molecule has 2 heterocycles. The monoisotopic (exact) mass is 510 g/mol. The molecule has 2 aromatic carbocycles. The van der Waals surface area contributed by atoms with Crippen molar-refractivity contribution in [2.24, 2.45) is 0 Å². The lowest BCUT2D eigenvalue weighted by molar-refractivity contribution is -0.191. The fourth-order valence-electron chi connectivity index (χ4n) is 3.90. The van der Waals surface area contributed by atoms with Gasteiger partial charge in [-0.25, -0.2) is 14.2 Å². The summed E-state index contributed by atoms with van der Waals surface area (Å²) in [6.45, 7) is 1.05. The van der Waals surface area contributed by atoms with Gasteiger partial charge in [-0.3, -0.25) is 14.2 Å². The Kier molecular flexibility index (Phi) is 8.29. The van der Waals surface area contributed by atoms with Gasteiger partial charge in [-0.1, -0.05) is 48.5 Å². The van der Waals surface area contributed by atoms with Crippen molar-refractivity contribution in [2.45, 2.75) is 45.0 Å². The van der Waals surface area contributed by atoms with E-state index in [4.69, 9.17) is 23.7 Å². The lowest BCUT2D eigenvalue weighted by Gasteiger charge is -2.23. The molecule has 0 radical (unpaired) electrons. The molecular weight excluding hydrogens is 484 g/mol. The SMILES string of the molecule is COC1C(OC(=O)c2ccccc2)[C@@H](OC(C)=O)O[C@H]1n1ccc(=O)n(COCc2ccccc2)c1=O. The maximum Gasteiger partial charge on any atom is 0.338 e. The third-order valence-electron chi connectivity index (χ3n) is 5.66. The van der Waals surface area contributed by atoms with Gasteiger partial charge in [0.1, 0.15) is 12.8 Å². The van der Waals surface area contributed by atoms with Crippen molar-refractivity contribution in [3.8, 4) is 0 Å². The van der Waals surface area contributed by atoms with Crippen LogP contribution in [0.3, 0.4) is 0 Å². The summed E-state index contributed by atoms with van der Waals surface area (Å²) in [5, 5.41) is 0. The smallest absolute Gasteiger partial charge is 0.338 e. The first-order valence-corrected chi connectivity index (χ1v) is 11.4. The van der Waals surface area contributed by atoms with E-state index in [1.807, 2.05) is 30.3 Å². The van der Waals surface area contributed by atoms with Crippen LogP contribution in [0.4, 0.5) is 0 Å². The molecule has 0 aliphatic carbocycles. The van der Waals surface area contributed by atoms with Gasteiger partial charge in [-0.05, 0) is 17.7 Å². The zero-order valence-corrected chi connectivity index (χ0v) is 20.2. The molecule has 4 atom stereocenters. The summed E-state index contributed by atoms with van der Waals surface area (Å²) in [4.78, 5) is 50.2. The third kappa shape index (κ3) is 6.02. The maximum absolute atomic E-state index is 13.3. The van der Waals surface area contributed by atoms with Gasteiger partial charge >= 0.3 is 17.6 Å². The number of carbonyl (C=O) groups excluding carboxylic acids is 2. The molecule has 0 spiro atoms. The highest BCUT2D eigenvalue weighted by Crippen LogP contribution is 2.33. The Balaban J connectivity index is 1.59. The number of nitrogens with zero attached hydrogens (tertiary/aromatic N) is 2. The van der Waals surface area contributed by atoms with Crippen LogP contribution < -0.4 is 11.2 Å². The zero-order valence-electron chi connectivity index (χ0n) is 20.2. The first kappa shape index (κ1) is 26.0. The van der Waals surface area contributed by atoms with Gasteiger partial charge in [0.25, 0.3) is 5.56 Å². The normalized spacial score (nSPS) is 20.9. The van der Waals surface area contributed by atoms with E-state index in [0.717, 1.165) is 14.7 Å². The van der Waals surface area contributed by atoms with E-state index in [-0.39, 0.29) is 18.9 Å². The number of hydrogen-bond donors (Lipinski definition) is 0. The summed E-state index contributed by atoms with van der Waals surface area (Å²) < 4.78 is 29.7. The van der Waals surface area contributed by atoms with Gasteiger partial charge < -0.3 is 23.7 Å². The quantitative estimate of drug-likeness (QED) is 0.397. The number of methoxy groups -OCH3 is 1. The average molecular weight is 510 g/mol. The largest absolute Gasteiger partial charge is 0.449 e. The molecule has 194 valence electrons. The van der Waals surface area contributed by atoms with E-state index < -0.39 is 47.9 Å². The van der Waals surface area contributed by atoms with Crippen LogP contribution >= 0.6 is 0 Å². The average Bonchev–Trinajstić information content (AvgIpc) is 3.22. The van der Waals surface area contributed by atoms with E-state index in [1.165, 1.54) is 26.3 Å². The molecule has 1 aliphatic rings. The van der Waals surface area contributed by atoms with Gasteiger partial charge in [0.05, 0.1) is 12.2 Å². The summed E-state index contributed by atoms with van der Waals surface area (Å²) in [6, 6.07) is 18.7. The summed E-state index contributed by atoms with van der Waals surface area (Å²) in [5.74, 6) is -1.38. The molecular formula is C26H26N2O9. The fourth-order valence-corrected chi connectivity index (χ4v) is 3.90. The van der Waals surface area contributed by atoms with Crippen LogP contribution in [0, 0.1) is 0 Å². The molecule has 1 fully saturated rings. The molecule has 1 saturated heterocycles. The predicted octanol–water partition coefficient (Wildman–Crippen LogP) is 1.84. The van der Waals surface area contributed by atoms with Crippen LogP contribution in [0.2, 0.25) is 0 Å². The lowest BCUT2D eigenvalue weighted by Crippen LogP contribution is -2.44. The standard InChI is InChI=1S/C26H26N2O9/c1-17(29)35-25-22(36-24(31)19-11-7-4-8-12-19)21(33-2)23(37-25)27-14-13-20(30)28(26(27)32)16-34-15-18-9-5-3-6-10-18/h3-14,21-23,25H,15-16H2,1-2H3/t21?,22?,23-,25+/m1/s1. The highest BCUT2D eigenvalue weighted by atomic mass is 16.7. The van der Waals surface area contributed by atoms with E-state index in [0.29, 0.717) is 0 Å². The molecule has 1 aliphatic heterocycles.